The van der Waals surface area contributed by atoms with Gasteiger partial charge in [0.15, 0.2) is 0 Å². The van der Waals surface area contributed by atoms with Crippen molar-refractivity contribution in [1.82, 2.24) is 15.1 Å². The molecular formula is C12H27N3O. The van der Waals surface area contributed by atoms with Crippen LogP contribution < -0.4 is 5.32 Å². The minimum Gasteiger partial charge on any atom is -0.381 e. The zero-order chi connectivity index (χ0) is 11.8. The number of likely N-dealkylation sites (N-methyl/N-ethyl adjacent to an activating group) is 1. The minimum atomic E-state index is 0.498. The van der Waals surface area contributed by atoms with Crippen LogP contribution in [0.5, 0.6) is 0 Å². The van der Waals surface area contributed by atoms with E-state index in [9.17, 15) is 0 Å². The Morgan fingerprint density at radius 1 is 1.25 bits per heavy atom. The molecule has 0 bridgehead atoms. The molecule has 1 aliphatic rings. The van der Waals surface area contributed by atoms with E-state index in [0.717, 1.165) is 19.6 Å². The van der Waals surface area contributed by atoms with Crippen molar-refractivity contribution in [3.8, 4) is 0 Å². The summed E-state index contributed by atoms with van der Waals surface area (Å²) in [5.74, 6) is 0. The molecule has 96 valence electrons. The lowest BCUT2D eigenvalue weighted by atomic mass is 10.1. The summed E-state index contributed by atoms with van der Waals surface area (Å²) in [5.41, 5.74) is 0. The van der Waals surface area contributed by atoms with Crippen LogP contribution in [0.1, 0.15) is 12.8 Å². The van der Waals surface area contributed by atoms with E-state index in [1.807, 2.05) is 7.11 Å². The van der Waals surface area contributed by atoms with Gasteiger partial charge in [-0.2, -0.15) is 0 Å². The van der Waals surface area contributed by atoms with Gasteiger partial charge in [-0.15, -0.1) is 0 Å². The van der Waals surface area contributed by atoms with Crippen molar-refractivity contribution in [2.75, 3.05) is 60.5 Å². The van der Waals surface area contributed by atoms with Crippen LogP contribution in [0.25, 0.3) is 0 Å². The Labute approximate surface area is 99.9 Å². The molecule has 0 aromatic rings. The van der Waals surface area contributed by atoms with Crippen LogP contribution in [0.4, 0.5) is 0 Å². The van der Waals surface area contributed by atoms with E-state index < -0.39 is 0 Å². The van der Waals surface area contributed by atoms with Gasteiger partial charge in [0.2, 0.25) is 0 Å². The van der Waals surface area contributed by atoms with E-state index >= 15 is 0 Å². The smallest absolute Gasteiger partial charge is 0.0595 e. The lowest BCUT2D eigenvalue weighted by Gasteiger charge is -2.31. The summed E-state index contributed by atoms with van der Waals surface area (Å²) >= 11 is 0. The van der Waals surface area contributed by atoms with E-state index in [4.69, 9.17) is 4.74 Å². The van der Waals surface area contributed by atoms with E-state index in [-0.39, 0.29) is 0 Å². The molecule has 0 atom stereocenters. The molecule has 0 aliphatic carbocycles. The van der Waals surface area contributed by atoms with Crippen molar-refractivity contribution in [1.29, 1.82) is 0 Å². The van der Waals surface area contributed by atoms with Crippen LogP contribution in [0.15, 0.2) is 0 Å². The van der Waals surface area contributed by atoms with Gasteiger partial charge < -0.3 is 19.9 Å². The third-order valence-corrected chi connectivity index (χ3v) is 3.21. The zero-order valence-electron chi connectivity index (χ0n) is 11.0. The van der Waals surface area contributed by atoms with Gasteiger partial charge in [0.1, 0.15) is 0 Å². The summed E-state index contributed by atoms with van der Waals surface area (Å²) in [6, 6.07) is 0. The molecule has 0 amide bonds. The van der Waals surface area contributed by atoms with Crippen LogP contribution >= 0.6 is 0 Å². The molecule has 0 unspecified atom stereocenters. The van der Waals surface area contributed by atoms with Crippen molar-refractivity contribution in [3.05, 3.63) is 0 Å². The van der Waals surface area contributed by atoms with Gasteiger partial charge in [0.25, 0.3) is 0 Å². The van der Waals surface area contributed by atoms with Gasteiger partial charge in [-0.3, -0.25) is 0 Å². The molecule has 0 spiro atoms. The molecule has 16 heavy (non-hydrogen) atoms. The number of rotatable bonds is 7. The van der Waals surface area contributed by atoms with Crippen molar-refractivity contribution in [2.45, 2.75) is 18.9 Å². The Bertz CT molecular complexity index is 168. The van der Waals surface area contributed by atoms with Gasteiger partial charge in [-0.1, -0.05) is 0 Å². The lowest BCUT2D eigenvalue weighted by molar-refractivity contribution is 0.0415. The third kappa shape index (κ3) is 5.80. The Morgan fingerprint density at radius 2 is 1.94 bits per heavy atom. The first-order chi connectivity index (χ1) is 7.72. The second-order valence-corrected chi connectivity index (χ2v) is 4.83. The van der Waals surface area contributed by atoms with Gasteiger partial charge in [0.05, 0.1) is 6.10 Å². The normalized spacial score (nSPS) is 19.5. The first-order valence-electron chi connectivity index (χ1n) is 6.33. The molecule has 4 heteroatoms. The Kier molecular flexibility index (Phi) is 6.96. The lowest BCUT2D eigenvalue weighted by Crippen LogP contribution is -2.41. The molecule has 0 radical (unpaired) electrons. The number of nitrogens with zero attached hydrogens (tertiary/aromatic N) is 2. The summed E-state index contributed by atoms with van der Waals surface area (Å²) < 4.78 is 5.36. The highest BCUT2D eigenvalue weighted by atomic mass is 16.5. The van der Waals surface area contributed by atoms with E-state index in [1.165, 1.54) is 32.5 Å². The fourth-order valence-electron chi connectivity index (χ4n) is 2.03. The second kappa shape index (κ2) is 8.01. The van der Waals surface area contributed by atoms with Crippen LogP contribution in [0.3, 0.4) is 0 Å². The Hall–Kier alpha value is -0.160. The van der Waals surface area contributed by atoms with Gasteiger partial charge >= 0.3 is 0 Å². The molecular weight excluding hydrogens is 202 g/mol. The van der Waals surface area contributed by atoms with Crippen molar-refractivity contribution < 1.29 is 4.74 Å². The number of hydrogen-bond acceptors (Lipinski definition) is 4. The molecule has 1 fully saturated rings. The highest BCUT2D eigenvalue weighted by molar-refractivity contribution is 4.72. The standard InChI is InChI=1S/C12H27N3O/c1-14(2)10-6-13-7-11-15-8-4-12(16-3)5-9-15/h12-13H,4-11H2,1-3H3. The maximum absolute atomic E-state index is 5.36. The summed E-state index contributed by atoms with van der Waals surface area (Å²) in [6.45, 7) is 6.85. The molecule has 0 aromatic carbocycles. The van der Waals surface area contributed by atoms with Gasteiger partial charge in [-0.05, 0) is 26.9 Å². The molecule has 1 aliphatic heterocycles. The van der Waals surface area contributed by atoms with Crippen molar-refractivity contribution in [3.63, 3.8) is 0 Å². The average Bonchev–Trinajstić information content (AvgIpc) is 2.29. The van der Waals surface area contributed by atoms with E-state index in [0.29, 0.717) is 6.10 Å². The highest BCUT2D eigenvalue weighted by Crippen LogP contribution is 2.11. The molecule has 0 saturated carbocycles. The first-order valence-corrected chi connectivity index (χ1v) is 6.33. The third-order valence-electron chi connectivity index (χ3n) is 3.21. The fraction of sp³-hybridized carbons (Fsp3) is 1.00. The maximum atomic E-state index is 5.36. The summed E-state index contributed by atoms with van der Waals surface area (Å²) in [5, 5.41) is 3.47. The summed E-state index contributed by atoms with van der Waals surface area (Å²) in [7, 11) is 6.04. The molecule has 1 rings (SSSR count). The quantitative estimate of drug-likeness (QED) is 0.633. The first kappa shape index (κ1) is 13.9. The van der Waals surface area contributed by atoms with E-state index in [2.05, 4.69) is 29.2 Å². The SMILES string of the molecule is COC1CCN(CCNCCN(C)C)CC1. The predicted molar refractivity (Wildman–Crippen MR) is 67.9 cm³/mol. The van der Waals surface area contributed by atoms with Crippen LogP contribution in [-0.4, -0.2) is 76.4 Å². The highest BCUT2D eigenvalue weighted by Gasteiger charge is 2.17. The number of nitrogens with one attached hydrogen (secondary N) is 1. The zero-order valence-corrected chi connectivity index (χ0v) is 11.0. The Morgan fingerprint density at radius 3 is 2.50 bits per heavy atom. The monoisotopic (exact) mass is 229 g/mol. The molecule has 1 heterocycles. The molecule has 1 saturated heterocycles. The summed E-state index contributed by atoms with van der Waals surface area (Å²) in [4.78, 5) is 4.73. The van der Waals surface area contributed by atoms with E-state index in [1.54, 1.807) is 0 Å². The molecule has 1 N–H and O–H groups in total. The van der Waals surface area contributed by atoms with Crippen molar-refractivity contribution in [2.24, 2.45) is 0 Å². The number of ether oxygens (including phenoxy) is 1. The average molecular weight is 229 g/mol. The van der Waals surface area contributed by atoms with Crippen LogP contribution in [0, 0.1) is 0 Å². The number of methoxy groups -OCH3 is 1. The van der Waals surface area contributed by atoms with Gasteiger partial charge in [-0.25, -0.2) is 0 Å². The number of likely N-dealkylation sites (tertiary alicyclic amines) is 1. The van der Waals surface area contributed by atoms with Gasteiger partial charge in [0, 0.05) is 46.4 Å². The Balaban J connectivity index is 1.94. The topological polar surface area (TPSA) is 27.7 Å². The maximum Gasteiger partial charge on any atom is 0.0595 e. The fourth-order valence-corrected chi connectivity index (χ4v) is 2.03. The van der Waals surface area contributed by atoms with Crippen LogP contribution in [-0.2, 0) is 4.74 Å². The summed E-state index contributed by atoms with van der Waals surface area (Å²) in [6.07, 6.45) is 2.88. The largest absolute Gasteiger partial charge is 0.381 e. The predicted octanol–water partition coefficient (Wildman–Crippen LogP) is 0.248. The number of piperidine rings is 1. The van der Waals surface area contributed by atoms with Crippen LogP contribution in [0.2, 0.25) is 0 Å². The van der Waals surface area contributed by atoms with Crippen molar-refractivity contribution >= 4 is 0 Å². The number of hydrogen-bond donors (Lipinski definition) is 1. The minimum absolute atomic E-state index is 0.498. The molecule has 4 nitrogen and oxygen atoms in total. The second-order valence-electron chi connectivity index (χ2n) is 4.83. The molecule has 0 aromatic heterocycles.